The molecule has 1 aromatic carbocycles. The lowest BCUT2D eigenvalue weighted by Crippen LogP contribution is -2.05. The van der Waals surface area contributed by atoms with Crippen LogP contribution in [-0.4, -0.2) is 5.78 Å². The summed E-state index contributed by atoms with van der Waals surface area (Å²) < 4.78 is 36.4. The largest absolute Gasteiger partial charge is 0.416 e. The summed E-state index contributed by atoms with van der Waals surface area (Å²) in [6, 6.07) is 3.94. The number of ketones is 1. The fourth-order valence-corrected chi connectivity index (χ4v) is 1.09. The average Bonchev–Trinajstić information content (AvgIpc) is 2.17. The van der Waals surface area contributed by atoms with Gasteiger partial charge in [0.1, 0.15) is 0 Å². The second-order valence-corrected chi connectivity index (χ2v) is 2.98. The van der Waals surface area contributed by atoms with Gasteiger partial charge in [-0.05, 0) is 18.2 Å². The lowest BCUT2D eigenvalue weighted by atomic mass is 10.1. The van der Waals surface area contributed by atoms with Crippen LogP contribution < -0.4 is 0 Å². The quantitative estimate of drug-likeness (QED) is 0.564. The van der Waals surface area contributed by atoms with Crippen molar-refractivity contribution >= 4 is 17.4 Å². The Bertz CT molecular complexity index is 379. The summed E-state index contributed by atoms with van der Waals surface area (Å²) in [5.41, 5.74) is 0.397. The van der Waals surface area contributed by atoms with Gasteiger partial charge in [0.05, 0.1) is 5.56 Å². The summed E-state index contributed by atoms with van der Waals surface area (Å²) in [5, 5.41) is 0. The van der Waals surface area contributed by atoms with Crippen LogP contribution >= 0.6 is 11.6 Å². The predicted molar refractivity (Wildman–Crippen MR) is 50.8 cm³/mol. The van der Waals surface area contributed by atoms with Gasteiger partial charge in [0.2, 0.25) is 0 Å². The van der Waals surface area contributed by atoms with Crippen LogP contribution in [0.5, 0.6) is 0 Å². The summed E-state index contributed by atoms with van der Waals surface area (Å²) >= 11 is 5.17. The molecule has 0 aliphatic rings. The van der Waals surface area contributed by atoms with Crippen LogP contribution in [0, 0.1) is 0 Å². The average molecular weight is 235 g/mol. The van der Waals surface area contributed by atoms with Crippen LogP contribution in [0.1, 0.15) is 15.9 Å². The van der Waals surface area contributed by atoms with Crippen LogP contribution in [0.15, 0.2) is 35.9 Å². The third-order valence-corrected chi connectivity index (χ3v) is 1.84. The number of rotatable bonds is 2. The molecule has 0 aliphatic heterocycles. The lowest BCUT2D eigenvalue weighted by Gasteiger charge is -2.06. The minimum Gasteiger partial charge on any atom is -0.289 e. The lowest BCUT2D eigenvalue weighted by molar-refractivity contribution is -0.137. The highest BCUT2D eigenvalue weighted by Gasteiger charge is 2.30. The highest BCUT2D eigenvalue weighted by molar-refractivity contribution is 6.27. The summed E-state index contributed by atoms with van der Waals surface area (Å²) in [6.07, 6.45) is -3.31. The van der Waals surface area contributed by atoms with Gasteiger partial charge in [-0.25, -0.2) is 0 Å². The molecule has 0 unspecified atom stereocenters. The van der Waals surface area contributed by atoms with Crippen LogP contribution in [0.4, 0.5) is 13.2 Å². The van der Waals surface area contributed by atoms with Crippen molar-refractivity contribution in [1.29, 1.82) is 0 Å². The van der Waals surface area contributed by atoms with Crippen LogP contribution in [0.3, 0.4) is 0 Å². The Morgan fingerprint density at radius 1 is 1.20 bits per heavy atom. The molecule has 0 saturated heterocycles. The Kier molecular flexibility index (Phi) is 3.52. The highest BCUT2D eigenvalue weighted by atomic mass is 35.5. The molecule has 1 rings (SSSR count). The molecule has 0 aromatic heterocycles. The smallest absolute Gasteiger partial charge is 0.289 e. The maximum Gasteiger partial charge on any atom is 0.416 e. The standard InChI is InChI=1S/C10H6ClF3O/c11-6-5-9(15)7-1-3-8(4-2-7)10(12,13)14/h1-6H/b6-5-. The van der Waals surface area contributed by atoms with E-state index in [4.69, 9.17) is 11.6 Å². The zero-order chi connectivity index (χ0) is 11.5. The van der Waals surface area contributed by atoms with E-state index in [9.17, 15) is 18.0 Å². The molecule has 0 fully saturated rings. The van der Waals surface area contributed by atoms with Gasteiger partial charge in [-0.15, -0.1) is 0 Å². The van der Waals surface area contributed by atoms with Crippen molar-refractivity contribution in [2.45, 2.75) is 6.18 Å². The molecule has 0 atom stereocenters. The molecule has 15 heavy (non-hydrogen) atoms. The van der Waals surface area contributed by atoms with Gasteiger partial charge in [-0.2, -0.15) is 13.2 Å². The SMILES string of the molecule is O=C(/C=C\Cl)c1ccc(C(F)(F)F)cc1. The molecule has 0 saturated carbocycles. The number of allylic oxidation sites excluding steroid dienone is 1. The third-order valence-electron chi connectivity index (χ3n) is 1.71. The first-order valence-electron chi connectivity index (χ1n) is 3.93. The van der Waals surface area contributed by atoms with Gasteiger partial charge in [-0.1, -0.05) is 23.7 Å². The number of halogens is 4. The van der Waals surface area contributed by atoms with Crippen molar-refractivity contribution in [3.05, 3.63) is 47.0 Å². The number of carbonyl (C=O) groups is 1. The molecule has 1 aromatic rings. The van der Waals surface area contributed by atoms with Crippen molar-refractivity contribution in [2.75, 3.05) is 0 Å². The van der Waals surface area contributed by atoms with Crippen molar-refractivity contribution in [3.8, 4) is 0 Å². The van der Waals surface area contributed by atoms with Crippen LogP contribution in [-0.2, 0) is 6.18 Å². The first-order valence-corrected chi connectivity index (χ1v) is 4.37. The summed E-state index contributed by atoms with van der Waals surface area (Å²) in [7, 11) is 0. The molecule has 5 heteroatoms. The van der Waals surface area contributed by atoms with E-state index in [1.165, 1.54) is 0 Å². The van der Waals surface area contributed by atoms with Gasteiger partial charge >= 0.3 is 6.18 Å². The minimum absolute atomic E-state index is 0.167. The van der Waals surface area contributed by atoms with Crippen molar-refractivity contribution in [3.63, 3.8) is 0 Å². The fourth-order valence-electron chi connectivity index (χ4n) is 0.977. The molecule has 0 aliphatic carbocycles. The normalized spacial score (nSPS) is 12.0. The molecule has 0 amide bonds. The molecule has 0 bridgehead atoms. The predicted octanol–water partition coefficient (Wildman–Crippen LogP) is 3.64. The molecule has 80 valence electrons. The Morgan fingerprint density at radius 3 is 2.13 bits per heavy atom. The van der Waals surface area contributed by atoms with Gasteiger partial charge in [0.25, 0.3) is 0 Å². The van der Waals surface area contributed by atoms with E-state index in [1.807, 2.05) is 0 Å². The molecular formula is C10H6ClF3O. The summed E-state index contributed by atoms with van der Waals surface area (Å²) in [4.78, 5) is 11.2. The topological polar surface area (TPSA) is 17.1 Å². The minimum atomic E-state index is -4.39. The van der Waals surface area contributed by atoms with Gasteiger partial charge in [0, 0.05) is 11.1 Å². The van der Waals surface area contributed by atoms with E-state index in [1.54, 1.807) is 0 Å². The monoisotopic (exact) mass is 234 g/mol. The van der Waals surface area contributed by atoms with Crippen LogP contribution in [0.2, 0.25) is 0 Å². The Hall–Kier alpha value is -1.29. The number of alkyl halides is 3. The highest BCUT2D eigenvalue weighted by Crippen LogP contribution is 2.29. The molecule has 1 nitrogen and oxygen atoms in total. The Balaban J connectivity index is 2.95. The number of hydrogen-bond acceptors (Lipinski definition) is 1. The fraction of sp³-hybridized carbons (Fsp3) is 0.100. The number of carbonyl (C=O) groups excluding carboxylic acids is 1. The van der Waals surface area contributed by atoms with E-state index < -0.39 is 17.5 Å². The van der Waals surface area contributed by atoms with E-state index in [-0.39, 0.29) is 5.56 Å². The summed E-state index contributed by atoms with van der Waals surface area (Å²) in [5.74, 6) is -0.432. The van der Waals surface area contributed by atoms with Gasteiger partial charge < -0.3 is 0 Å². The van der Waals surface area contributed by atoms with Crippen LogP contribution in [0.25, 0.3) is 0 Å². The maximum absolute atomic E-state index is 12.1. The van der Waals surface area contributed by atoms with E-state index in [0.29, 0.717) is 0 Å². The van der Waals surface area contributed by atoms with Gasteiger partial charge in [-0.3, -0.25) is 4.79 Å². The molecular weight excluding hydrogens is 229 g/mol. The molecule has 0 heterocycles. The van der Waals surface area contributed by atoms with E-state index >= 15 is 0 Å². The first-order chi connectivity index (χ1) is 6.95. The third kappa shape index (κ3) is 3.09. The number of hydrogen-bond donors (Lipinski definition) is 0. The second-order valence-electron chi connectivity index (χ2n) is 2.73. The van der Waals surface area contributed by atoms with Crippen molar-refractivity contribution < 1.29 is 18.0 Å². The zero-order valence-electron chi connectivity index (χ0n) is 7.38. The second kappa shape index (κ2) is 4.49. The first kappa shape index (κ1) is 11.8. The Labute approximate surface area is 89.2 Å². The Morgan fingerprint density at radius 2 is 1.73 bits per heavy atom. The summed E-state index contributed by atoms with van der Waals surface area (Å²) in [6.45, 7) is 0. The van der Waals surface area contributed by atoms with E-state index in [0.717, 1.165) is 35.9 Å². The molecule has 0 N–H and O–H groups in total. The van der Waals surface area contributed by atoms with E-state index in [2.05, 4.69) is 0 Å². The van der Waals surface area contributed by atoms with Crippen molar-refractivity contribution in [2.24, 2.45) is 0 Å². The van der Waals surface area contributed by atoms with Crippen molar-refractivity contribution in [1.82, 2.24) is 0 Å². The molecule has 0 radical (unpaired) electrons. The maximum atomic E-state index is 12.1. The van der Waals surface area contributed by atoms with Gasteiger partial charge in [0.15, 0.2) is 5.78 Å². The number of benzene rings is 1. The zero-order valence-corrected chi connectivity index (χ0v) is 8.14. The molecule has 0 spiro atoms.